The molecule has 1 aromatic carbocycles. The molecule has 1 saturated heterocycles. The molecule has 1 aliphatic heterocycles. The van der Waals surface area contributed by atoms with Gasteiger partial charge in [-0.1, -0.05) is 30.3 Å². The maximum atomic E-state index is 12.9. The van der Waals surface area contributed by atoms with Crippen molar-refractivity contribution in [3.63, 3.8) is 0 Å². The molecule has 0 aliphatic carbocycles. The molecule has 1 fully saturated rings. The van der Waals surface area contributed by atoms with E-state index in [1.807, 2.05) is 16.8 Å². The van der Waals surface area contributed by atoms with Gasteiger partial charge in [-0.2, -0.15) is 0 Å². The molecule has 4 rings (SSSR count). The van der Waals surface area contributed by atoms with Crippen LogP contribution in [0.2, 0.25) is 0 Å². The third-order valence-electron chi connectivity index (χ3n) is 4.98. The van der Waals surface area contributed by atoms with Gasteiger partial charge in [-0.05, 0) is 24.1 Å². The number of Topliss-reactive ketones (excluding diaryl/α,β-unsaturated/α-hetero) is 1. The van der Waals surface area contributed by atoms with Crippen molar-refractivity contribution in [2.45, 2.75) is 19.0 Å². The van der Waals surface area contributed by atoms with Crippen LogP contribution in [0.15, 0.2) is 79.2 Å². The smallest absolute Gasteiger partial charge is 0.295 e. The number of aromatic nitrogens is 3. The number of imidazole rings is 1. The highest BCUT2D eigenvalue weighted by Gasteiger charge is 2.45. The van der Waals surface area contributed by atoms with Crippen LogP contribution >= 0.6 is 0 Å². The van der Waals surface area contributed by atoms with Gasteiger partial charge in [0.05, 0.1) is 17.9 Å². The Bertz CT molecular complexity index is 1030. The van der Waals surface area contributed by atoms with Crippen molar-refractivity contribution in [3.8, 4) is 0 Å². The summed E-state index contributed by atoms with van der Waals surface area (Å²) >= 11 is 0. The number of pyridine rings is 1. The van der Waals surface area contributed by atoms with E-state index in [-0.39, 0.29) is 11.3 Å². The lowest BCUT2D eigenvalue weighted by Gasteiger charge is -2.25. The molecule has 1 amide bonds. The van der Waals surface area contributed by atoms with Gasteiger partial charge in [-0.3, -0.25) is 14.6 Å². The SMILES string of the molecule is O=C1C(=O)N(CCCn2ccnc2)[C@@H](c2ccncc2)C1=C(O)c1ccccc1. The minimum Gasteiger partial charge on any atom is -0.507 e. The highest BCUT2D eigenvalue weighted by Crippen LogP contribution is 2.39. The van der Waals surface area contributed by atoms with E-state index in [4.69, 9.17) is 0 Å². The number of rotatable bonds is 6. The quantitative estimate of drug-likeness (QED) is 0.399. The van der Waals surface area contributed by atoms with Crippen molar-refractivity contribution in [2.24, 2.45) is 0 Å². The van der Waals surface area contributed by atoms with Crippen LogP contribution < -0.4 is 0 Å². The summed E-state index contributed by atoms with van der Waals surface area (Å²) in [5, 5.41) is 10.9. The van der Waals surface area contributed by atoms with Gasteiger partial charge >= 0.3 is 0 Å². The molecular formula is C22H20N4O3. The third-order valence-corrected chi connectivity index (χ3v) is 4.98. The number of likely N-dealkylation sites (tertiary alicyclic amines) is 1. The van der Waals surface area contributed by atoms with Crippen molar-refractivity contribution < 1.29 is 14.7 Å². The molecule has 146 valence electrons. The van der Waals surface area contributed by atoms with Crippen LogP contribution in [0.25, 0.3) is 5.76 Å². The number of aliphatic hydroxyl groups excluding tert-OH is 1. The Morgan fingerprint density at radius 2 is 1.72 bits per heavy atom. The largest absolute Gasteiger partial charge is 0.507 e. The average Bonchev–Trinajstić information content (AvgIpc) is 3.37. The summed E-state index contributed by atoms with van der Waals surface area (Å²) in [5.41, 5.74) is 1.34. The number of carbonyl (C=O) groups is 2. The number of benzene rings is 1. The average molecular weight is 388 g/mol. The first-order valence-electron chi connectivity index (χ1n) is 9.36. The molecule has 0 saturated carbocycles. The van der Waals surface area contributed by atoms with Crippen LogP contribution in [-0.4, -0.2) is 42.8 Å². The Balaban J connectivity index is 1.70. The van der Waals surface area contributed by atoms with E-state index in [0.29, 0.717) is 25.1 Å². The molecule has 1 aliphatic rings. The highest BCUT2D eigenvalue weighted by atomic mass is 16.3. The van der Waals surface area contributed by atoms with E-state index in [2.05, 4.69) is 9.97 Å². The first-order valence-corrected chi connectivity index (χ1v) is 9.36. The van der Waals surface area contributed by atoms with E-state index in [1.54, 1.807) is 61.3 Å². The number of aliphatic hydroxyl groups is 1. The second kappa shape index (κ2) is 8.10. The van der Waals surface area contributed by atoms with Gasteiger partial charge in [0, 0.05) is 43.4 Å². The van der Waals surface area contributed by atoms with E-state index in [1.165, 1.54) is 4.90 Å². The summed E-state index contributed by atoms with van der Waals surface area (Å²) in [4.78, 5) is 35.3. The molecule has 29 heavy (non-hydrogen) atoms. The molecule has 1 atom stereocenters. The summed E-state index contributed by atoms with van der Waals surface area (Å²) < 4.78 is 1.92. The molecule has 7 nitrogen and oxygen atoms in total. The lowest BCUT2D eigenvalue weighted by molar-refractivity contribution is -0.139. The molecule has 0 radical (unpaired) electrons. The summed E-state index contributed by atoms with van der Waals surface area (Å²) in [6.07, 6.45) is 9.14. The minimum absolute atomic E-state index is 0.107. The van der Waals surface area contributed by atoms with Crippen LogP contribution in [0, 0.1) is 0 Å². The Morgan fingerprint density at radius 1 is 0.966 bits per heavy atom. The molecule has 2 aromatic heterocycles. The second-order valence-electron chi connectivity index (χ2n) is 6.79. The normalized spacial score (nSPS) is 18.3. The molecule has 7 heteroatoms. The summed E-state index contributed by atoms with van der Waals surface area (Å²) in [6.45, 7) is 1.05. The molecule has 0 bridgehead atoms. The number of aryl methyl sites for hydroxylation is 1. The van der Waals surface area contributed by atoms with Crippen molar-refractivity contribution in [3.05, 3.63) is 90.3 Å². The van der Waals surface area contributed by atoms with Gasteiger partial charge in [0.2, 0.25) is 0 Å². The Kier molecular flexibility index (Phi) is 5.20. The second-order valence-corrected chi connectivity index (χ2v) is 6.79. The molecular weight excluding hydrogens is 368 g/mol. The fourth-order valence-corrected chi connectivity index (χ4v) is 3.60. The first-order chi connectivity index (χ1) is 14.2. The molecule has 1 N–H and O–H groups in total. The van der Waals surface area contributed by atoms with E-state index in [0.717, 1.165) is 5.56 Å². The lowest BCUT2D eigenvalue weighted by Crippen LogP contribution is -2.31. The van der Waals surface area contributed by atoms with Gasteiger partial charge in [0.15, 0.2) is 0 Å². The summed E-state index contributed by atoms with van der Waals surface area (Å²) in [7, 11) is 0. The van der Waals surface area contributed by atoms with Gasteiger partial charge in [-0.25, -0.2) is 4.98 Å². The van der Waals surface area contributed by atoms with E-state index >= 15 is 0 Å². The fourth-order valence-electron chi connectivity index (χ4n) is 3.60. The molecule has 0 unspecified atom stereocenters. The Hall–Kier alpha value is -3.74. The van der Waals surface area contributed by atoms with E-state index in [9.17, 15) is 14.7 Å². The zero-order valence-electron chi connectivity index (χ0n) is 15.7. The number of hydrogen-bond acceptors (Lipinski definition) is 5. The van der Waals surface area contributed by atoms with Crippen LogP contribution in [0.3, 0.4) is 0 Å². The summed E-state index contributed by atoms with van der Waals surface area (Å²) in [5.74, 6) is -1.44. The number of hydrogen-bond donors (Lipinski definition) is 1. The lowest BCUT2D eigenvalue weighted by atomic mass is 9.96. The summed E-state index contributed by atoms with van der Waals surface area (Å²) in [6, 6.07) is 11.7. The predicted octanol–water partition coefficient (Wildman–Crippen LogP) is 2.79. The minimum atomic E-state index is -0.671. The van der Waals surface area contributed by atoms with Crippen molar-refractivity contribution in [1.29, 1.82) is 0 Å². The van der Waals surface area contributed by atoms with Crippen LogP contribution in [0.1, 0.15) is 23.6 Å². The van der Waals surface area contributed by atoms with Gasteiger partial charge in [0.25, 0.3) is 11.7 Å². The number of nitrogens with zero attached hydrogens (tertiary/aromatic N) is 4. The van der Waals surface area contributed by atoms with Crippen LogP contribution in [0.5, 0.6) is 0 Å². The fraction of sp³-hybridized carbons (Fsp3) is 0.182. The Morgan fingerprint density at radius 3 is 2.41 bits per heavy atom. The van der Waals surface area contributed by atoms with Gasteiger partial charge in [0.1, 0.15) is 5.76 Å². The maximum absolute atomic E-state index is 12.9. The number of amides is 1. The van der Waals surface area contributed by atoms with Crippen molar-refractivity contribution in [2.75, 3.05) is 6.54 Å². The zero-order chi connectivity index (χ0) is 20.2. The Labute approximate surface area is 168 Å². The third kappa shape index (κ3) is 3.67. The van der Waals surface area contributed by atoms with Gasteiger partial charge in [-0.15, -0.1) is 0 Å². The highest BCUT2D eigenvalue weighted by molar-refractivity contribution is 6.46. The van der Waals surface area contributed by atoms with Crippen molar-refractivity contribution in [1.82, 2.24) is 19.4 Å². The predicted molar refractivity (Wildman–Crippen MR) is 107 cm³/mol. The number of carbonyl (C=O) groups excluding carboxylic acids is 2. The van der Waals surface area contributed by atoms with E-state index < -0.39 is 17.7 Å². The van der Waals surface area contributed by atoms with Gasteiger partial charge < -0.3 is 14.6 Å². The molecule has 3 aromatic rings. The first kappa shape index (κ1) is 18.6. The number of ketones is 1. The topological polar surface area (TPSA) is 88.3 Å². The maximum Gasteiger partial charge on any atom is 0.295 e. The van der Waals surface area contributed by atoms with Crippen LogP contribution in [-0.2, 0) is 16.1 Å². The molecule has 3 heterocycles. The monoisotopic (exact) mass is 388 g/mol. The van der Waals surface area contributed by atoms with Crippen LogP contribution in [0.4, 0.5) is 0 Å². The van der Waals surface area contributed by atoms with Crippen molar-refractivity contribution >= 4 is 17.4 Å². The standard InChI is InChI=1S/C22H20N4O3/c27-20(17-5-2-1-3-6-17)18-19(16-7-9-23-10-8-16)26(22(29)21(18)28)13-4-12-25-14-11-24-15-25/h1-3,5-11,14-15,19,27H,4,12-13H2/t19-/m0/s1. The zero-order valence-corrected chi connectivity index (χ0v) is 15.7. The molecule has 0 spiro atoms.